The monoisotopic (exact) mass is 308 g/mol. The van der Waals surface area contributed by atoms with E-state index in [1.54, 1.807) is 25.7 Å². The zero-order valence-electron chi connectivity index (χ0n) is 15.3. The van der Waals surface area contributed by atoms with Crippen LogP contribution in [0.4, 0.5) is 0 Å². The summed E-state index contributed by atoms with van der Waals surface area (Å²) in [6, 6.07) is 0. The van der Waals surface area contributed by atoms with Crippen LogP contribution in [0.5, 0.6) is 0 Å². The molecule has 0 N–H and O–H groups in total. The number of hydrogen-bond acceptors (Lipinski definition) is 1. The molecule has 130 valence electrons. The van der Waals surface area contributed by atoms with Crippen LogP contribution in [-0.2, 0) is 4.74 Å². The largest absolute Gasteiger partial charge is 0.385 e. The van der Waals surface area contributed by atoms with Gasteiger partial charge in [-0.25, -0.2) is 0 Å². The van der Waals surface area contributed by atoms with Crippen LogP contribution in [0, 0.1) is 23.7 Å². The van der Waals surface area contributed by atoms with E-state index in [9.17, 15) is 0 Å². The van der Waals surface area contributed by atoms with E-state index in [1.807, 2.05) is 7.11 Å². The van der Waals surface area contributed by atoms with Gasteiger partial charge in [0.2, 0.25) is 0 Å². The molecule has 0 heterocycles. The lowest BCUT2D eigenvalue weighted by Crippen LogP contribution is -2.26. The maximum atomic E-state index is 5.19. The van der Waals surface area contributed by atoms with Crippen molar-refractivity contribution in [2.24, 2.45) is 23.7 Å². The van der Waals surface area contributed by atoms with Gasteiger partial charge in [-0.3, -0.25) is 0 Å². The molecule has 1 nitrogen and oxygen atoms in total. The minimum atomic E-state index is 0.960. The molecule has 0 aromatic heterocycles. The van der Waals surface area contributed by atoms with Gasteiger partial charge in [0, 0.05) is 13.7 Å². The highest BCUT2D eigenvalue weighted by Crippen LogP contribution is 2.43. The van der Waals surface area contributed by atoms with Crippen molar-refractivity contribution in [2.45, 2.75) is 96.8 Å². The second-order valence-corrected chi connectivity index (χ2v) is 8.19. The van der Waals surface area contributed by atoms with Crippen LogP contribution >= 0.6 is 0 Å². The molecule has 0 aromatic rings. The Morgan fingerprint density at radius 3 is 1.64 bits per heavy atom. The van der Waals surface area contributed by atoms with E-state index < -0.39 is 0 Å². The topological polar surface area (TPSA) is 9.23 Å². The van der Waals surface area contributed by atoms with Crippen LogP contribution in [0.2, 0.25) is 0 Å². The summed E-state index contributed by atoms with van der Waals surface area (Å²) in [5.74, 6) is 4.25. The van der Waals surface area contributed by atoms with Gasteiger partial charge in [0.25, 0.3) is 0 Å². The molecule has 0 unspecified atom stereocenters. The van der Waals surface area contributed by atoms with Crippen molar-refractivity contribution in [3.63, 3.8) is 0 Å². The average molecular weight is 309 g/mol. The molecule has 0 saturated heterocycles. The Kier molecular flexibility index (Phi) is 8.89. The molecule has 2 aliphatic rings. The van der Waals surface area contributed by atoms with Crippen molar-refractivity contribution >= 4 is 0 Å². The highest BCUT2D eigenvalue weighted by Gasteiger charge is 2.30. The molecule has 0 radical (unpaired) electrons. The fourth-order valence-electron chi connectivity index (χ4n) is 5.10. The smallest absolute Gasteiger partial charge is 0.0462 e. The van der Waals surface area contributed by atoms with E-state index in [1.165, 1.54) is 64.2 Å². The van der Waals surface area contributed by atoms with Crippen LogP contribution in [0.15, 0.2) is 0 Å². The minimum absolute atomic E-state index is 0.960. The zero-order valence-corrected chi connectivity index (χ0v) is 15.3. The first kappa shape index (κ1) is 18.3. The van der Waals surface area contributed by atoms with Crippen LogP contribution in [0.1, 0.15) is 96.8 Å². The molecule has 0 amide bonds. The highest BCUT2D eigenvalue weighted by atomic mass is 16.5. The van der Waals surface area contributed by atoms with Crippen molar-refractivity contribution in [1.82, 2.24) is 0 Å². The highest BCUT2D eigenvalue weighted by molar-refractivity contribution is 4.82. The summed E-state index contributed by atoms with van der Waals surface area (Å²) < 4.78 is 5.19. The van der Waals surface area contributed by atoms with Crippen molar-refractivity contribution in [3.8, 4) is 0 Å². The lowest BCUT2D eigenvalue weighted by Gasteiger charge is -2.38. The van der Waals surface area contributed by atoms with Gasteiger partial charge in [-0.15, -0.1) is 0 Å². The summed E-state index contributed by atoms with van der Waals surface area (Å²) in [5, 5.41) is 0. The lowest BCUT2D eigenvalue weighted by atomic mass is 9.68. The first-order valence-electron chi connectivity index (χ1n) is 10.3. The summed E-state index contributed by atoms with van der Waals surface area (Å²) in [4.78, 5) is 0. The van der Waals surface area contributed by atoms with E-state index in [2.05, 4.69) is 6.92 Å². The first-order chi connectivity index (χ1) is 10.8. The standard InChI is InChI=1S/C21H40O/c1-3-4-5-7-18-9-13-20(14-10-18)21-15-11-19(12-16-21)8-6-17-22-2/h18-21H,3-17H2,1-2H3. The maximum absolute atomic E-state index is 5.19. The second kappa shape index (κ2) is 10.7. The van der Waals surface area contributed by atoms with Gasteiger partial charge in [0.15, 0.2) is 0 Å². The fourth-order valence-corrected chi connectivity index (χ4v) is 5.10. The van der Waals surface area contributed by atoms with Crippen LogP contribution in [0.25, 0.3) is 0 Å². The first-order valence-corrected chi connectivity index (χ1v) is 10.3. The molecule has 0 aliphatic heterocycles. The molecule has 2 saturated carbocycles. The van der Waals surface area contributed by atoms with E-state index in [0.717, 1.165) is 30.3 Å². The minimum Gasteiger partial charge on any atom is -0.385 e. The Bertz CT molecular complexity index is 231. The van der Waals surface area contributed by atoms with Crippen molar-refractivity contribution in [3.05, 3.63) is 0 Å². The SMILES string of the molecule is CCCCCC1CCC(C2CCC(CCCOC)CC2)CC1. The molecule has 0 atom stereocenters. The van der Waals surface area contributed by atoms with Gasteiger partial charge in [-0.2, -0.15) is 0 Å². The maximum Gasteiger partial charge on any atom is 0.0462 e. The van der Waals surface area contributed by atoms with Crippen molar-refractivity contribution < 1.29 is 4.74 Å². The number of rotatable bonds is 9. The van der Waals surface area contributed by atoms with E-state index >= 15 is 0 Å². The summed E-state index contributed by atoms with van der Waals surface area (Å²) in [6.45, 7) is 3.28. The summed E-state index contributed by atoms with van der Waals surface area (Å²) in [5.41, 5.74) is 0. The zero-order chi connectivity index (χ0) is 15.6. The number of methoxy groups -OCH3 is 1. The molecule has 2 aliphatic carbocycles. The normalized spacial score (nSPS) is 33.0. The van der Waals surface area contributed by atoms with Crippen LogP contribution in [-0.4, -0.2) is 13.7 Å². The Balaban J connectivity index is 1.58. The Labute approximate surface area is 139 Å². The quantitative estimate of drug-likeness (QED) is 0.436. The van der Waals surface area contributed by atoms with Crippen molar-refractivity contribution in [2.75, 3.05) is 13.7 Å². The van der Waals surface area contributed by atoms with E-state index in [4.69, 9.17) is 4.74 Å². The molecule has 1 heteroatoms. The third-order valence-electron chi connectivity index (χ3n) is 6.63. The predicted molar refractivity (Wildman–Crippen MR) is 96.1 cm³/mol. The number of hydrogen-bond donors (Lipinski definition) is 0. The van der Waals surface area contributed by atoms with E-state index in [-0.39, 0.29) is 0 Å². The fraction of sp³-hybridized carbons (Fsp3) is 1.00. The molecule has 22 heavy (non-hydrogen) atoms. The van der Waals surface area contributed by atoms with Gasteiger partial charge < -0.3 is 4.74 Å². The van der Waals surface area contributed by atoms with Crippen molar-refractivity contribution in [1.29, 1.82) is 0 Å². The second-order valence-electron chi connectivity index (χ2n) is 8.19. The molecular formula is C21H40O. The molecule has 0 bridgehead atoms. The van der Waals surface area contributed by atoms with Gasteiger partial charge in [0.05, 0.1) is 0 Å². The van der Waals surface area contributed by atoms with Crippen LogP contribution < -0.4 is 0 Å². The number of unbranched alkanes of at least 4 members (excludes halogenated alkanes) is 2. The van der Waals surface area contributed by atoms with Crippen LogP contribution in [0.3, 0.4) is 0 Å². The summed E-state index contributed by atoms with van der Waals surface area (Å²) in [7, 11) is 1.83. The molecule has 2 fully saturated rings. The van der Waals surface area contributed by atoms with Gasteiger partial charge in [-0.1, -0.05) is 58.3 Å². The van der Waals surface area contributed by atoms with Gasteiger partial charge in [-0.05, 0) is 62.2 Å². The van der Waals surface area contributed by atoms with E-state index in [0.29, 0.717) is 0 Å². The summed E-state index contributed by atoms with van der Waals surface area (Å²) in [6.07, 6.45) is 20.8. The third-order valence-corrected chi connectivity index (χ3v) is 6.63. The van der Waals surface area contributed by atoms with Gasteiger partial charge in [0.1, 0.15) is 0 Å². The Morgan fingerprint density at radius 2 is 1.18 bits per heavy atom. The summed E-state index contributed by atoms with van der Waals surface area (Å²) >= 11 is 0. The number of ether oxygens (including phenoxy) is 1. The van der Waals surface area contributed by atoms with Gasteiger partial charge >= 0.3 is 0 Å². The lowest BCUT2D eigenvalue weighted by molar-refractivity contribution is 0.133. The molecular weight excluding hydrogens is 268 g/mol. The molecule has 0 spiro atoms. The third kappa shape index (κ3) is 6.22. The Hall–Kier alpha value is -0.0400. The molecule has 2 rings (SSSR count). The molecule has 0 aromatic carbocycles. The average Bonchev–Trinajstić information content (AvgIpc) is 2.57. The Morgan fingerprint density at radius 1 is 0.682 bits per heavy atom. The predicted octanol–water partition coefficient (Wildman–Crippen LogP) is 6.61.